The van der Waals surface area contributed by atoms with E-state index in [0.717, 1.165) is 6.42 Å². The Kier molecular flexibility index (Phi) is 6.97. The van der Waals surface area contributed by atoms with Gasteiger partial charge in [0.1, 0.15) is 0 Å². The minimum atomic E-state index is 0.810. The molecular weight excluding hydrogens is 146 g/mol. The van der Waals surface area contributed by atoms with E-state index in [1.165, 1.54) is 5.56 Å². The van der Waals surface area contributed by atoms with E-state index in [4.69, 9.17) is 0 Å². The van der Waals surface area contributed by atoms with Gasteiger partial charge in [-0.1, -0.05) is 25.8 Å². The summed E-state index contributed by atoms with van der Waals surface area (Å²) in [4.78, 5) is 3.97. The average Bonchev–Trinajstić information content (AvgIpc) is 2.19. The third kappa shape index (κ3) is 4.51. The van der Waals surface area contributed by atoms with E-state index < -0.39 is 0 Å². The first-order valence-electron chi connectivity index (χ1n) is 4.22. The fraction of sp³-hybridized carbons (Fsp3) is 0.364. The van der Waals surface area contributed by atoms with Crippen LogP contribution in [0.5, 0.6) is 0 Å². The van der Waals surface area contributed by atoms with E-state index in [2.05, 4.69) is 16.8 Å². The molecule has 0 N–H and O–H groups in total. The van der Waals surface area contributed by atoms with Gasteiger partial charge in [-0.15, -0.1) is 5.92 Å². The summed E-state index contributed by atoms with van der Waals surface area (Å²) in [5, 5.41) is 0. The Balaban J connectivity index is 0.000000561. The second-order valence-corrected chi connectivity index (χ2v) is 1.96. The summed E-state index contributed by atoms with van der Waals surface area (Å²) in [6, 6.07) is 3.95. The normalized spacial score (nSPS) is 7.25. The second-order valence-electron chi connectivity index (χ2n) is 1.96. The molecule has 0 spiro atoms. The van der Waals surface area contributed by atoms with Gasteiger partial charge in [0.05, 0.1) is 0 Å². The van der Waals surface area contributed by atoms with Crippen molar-refractivity contribution < 1.29 is 0 Å². The number of hydrogen-bond donors (Lipinski definition) is 0. The molecule has 0 saturated carbocycles. The van der Waals surface area contributed by atoms with E-state index in [-0.39, 0.29) is 0 Å². The van der Waals surface area contributed by atoms with Crippen LogP contribution >= 0.6 is 0 Å². The summed E-state index contributed by atoms with van der Waals surface area (Å²) in [5.74, 6) is 5.81. The number of hydrogen-bond acceptors (Lipinski definition) is 1. The highest BCUT2D eigenvalue weighted by Crippen LogP contribution is 1.94. The summed E-state index contributed by atoms with van der Waals surface area (Å²) in [5.41, 5.74) is 1.18. The molecule has 0 bridgehead atoms. The van der Waals surface area contributed by atoms with Crippen LogP contribution in [0, 0.1) is 11.8 Å². The van der Waals surface area contributed by atoms with Crippen LogP contribution in [0.15, 0.2) is 24.5 Å². The lowest BCUT2D eigenvalue weighted by atomic mass is 10.2. The zero-order chi connectivity index (χ0) is 9.23. The van der Waals surface area contributed by atoms with E-state index in [1.54, 1.807) is 6.20 Å². The molecule has 0 saturated heterocycles. The monoisotopic (exact) mass is 161 g/mol. The molecule has 1 nitrogen and oxygen atoms in total. The zero-order valence-corrected chi connectivity index (χ0v) is 7.96. The van der Waals surface area contributed by atoms with E-state index in [9.17, 15) is 0 Å². The van der Waals surface area contributed by atoms with Crippen molar-refractivity contribution in [3.8, 4) is 11.8 Å². The summed E-state index contributed by atoms with van der Waals surface area (Å²) >= 11 is 0. The smallest absolute Gasteiger partial charge is 0.0355 e. The van der Waals surface area contributed by atoms with Gasteiger partial charge >= 0.3 is 0 Å². The largest absolute Gasteiger partial charge is 0.264 e. The number of pyridine rings is 1. The van der Waals surface area contributed by atoms with Gasteiger partial charge in [0.25, 0.3) is 0 Å². The predicted molar refractivity (Wildman–Crippen MR) is 52.7 cm³/mol. The lowest BCUT2D eigenvalue weighted by Crippen LogP contribution is -1.80. The first-order chi connectivity index (χ1) is 5.93. The highest BCUT2D eigenvalue weighted by atomic mass is 14.6. The van der Waals surface area contributed by atoms with Crippen molar-refractivity contribution in [1.29, 1.82) is 0 Å². The molecule has 0 aliphatic heterocycles. The van der Waals surface area contributed by atoms with Crippen LogP contribution in [0.3, 0.4) is 0 Å². The third-order valence-electron chi connectivity index (χ3n) is 1.19. The van der Waals surface area contributed by atoms with Crippen molar-refractivity contribution in [2.24, 2.45) is 0 Å². The van der Waals surface area contributed by atoms with Crippen molar-refractivity contribution in [3.63, 3.8) is 0 Å². The molecule has 1 heterocycles. The Morgan fingerprint density at radius 1 is 1.42 bits per heavy atom. The van der Waals surface area contributed by atoms with Gasteiger partial charge in [-0.2, -0.15) is 0 Å². The number of rotatable bonds is 1. The van der Waals surface area contributed by atoms with Gasteiger partial charge < -0.3 is 0 Å². The minimum Gasteiger partial charge on any atom is -0.264 e. The third-order valence-corrected chi connectivity index (χ3v) is 1.19. The number of aromatic nitrogens is 1. The highest BCUT2D eigenvalue weighted by molar-refractivity contribution is 5.16. The molecule has 0 fully saturated rings. The van der Waals surface area contributed by atoms with Crippen LogP contribution in [0.4, 0.5) is 0 Å². The van der Waals surface area contributed by atoms with Gasteiger partial charge in [-0.25, -0.2) is 0 Å². The van der Waals surface area contributed by atoms with Gasteiger partial charge in [-0.3, -0.25) is 4.98 Å². The molecule has 0 radical (unpaired) electrons. The van der Waals surface area contributed by atoms with Crippen LogP contribution in [-0.4, -0.2) is 4.98 Å². The standard InChI is InChI=1S/C9H9N.C2H6/c1-2-3-5-9-6-4-7-10-8-9;1-2/h4,6-8H,5H2,1H3;1-2H3. The van der Waals surface area contributed by atoms with Gasteiger partial charge in [0.15, 0.2) is 0 Å². The van der Waals surface area contributed by atoms with Crippen LogP contribution in [0.25, 0.3) is 0 Å². The van der Waals surface area contributed by atoms with E-state index in [1.807, 2.05) is 39.1 Å². The molecule has 0 atom stereocenters. The molecule has 1 aromatic heterocycles. The molecule has 1 heteroatoms. The Morgan fingerprint density at radius 3 is 2.67 bits per heavy atom. The SMILES string of the molecule is CC.CC#CCc1cccnc1. The topological polar surface area (TPSA) is 12.9 Å². The number of nitrogens with zero attached hydrogens (tertiary/aromatic N) is 1. The zero-order valence-electron chi connectivity index (χ0n) is 7.96. The first-order valence-corrected chi connectivity index (χ1v) is 4.22. The Bertz CT molecular complexity index is 241. The lowest BCUT2D eigenvalue weighted by molar-refractivity contribution is 1.21. The summed E-state index contributed by atoms with van der Waals surface area (Å²) in [7, 11) is 0. The maximum atomic E-state index is 3.97. The first kappa shape index (κ1) is 10.7. The van der Waals surface area contributed by atoms with Crippen molar-refractivity contribution in [2.45, 2.75) is 27.2 Å². The van der Waals surface area contributed by atoms with Crippen molar-refractivity contribution in [1.82, 2.24) is 4.98 Å². The molecule has 1 rings (SSSR count). The Hall–Kier alpha value is -1.29. The summed E-state index contributed by atoms with van der Waals surface area (Å²) < 4.78 is 0. The highest BCUT2D eigenvalue weighted by Gasteiger charge is 1.84. The van der Waals surface area contributed by atoms with Crippen molar-refractivity contribution in [2.75, 3.05) is 0 Å². The van der Waals surface area contributed by atoms with Crippen LogP contribution in [0.2, 0.25) is 0 Å². The minimum absolute atomic E-state index is 0.810. The fourth-order valence-electron chi connectivity index (χ4n) is 0.693. The molecule has 64 valence electrons. The van der Waals surface area contributed by atoms with Crippen molar-refractivity contribution >= 4 is 0 Å². The molecule has 1 aromatic rings. The maximum Gasteiger partial charge on any atom is 0.0355 e. The van der Waals surface area contributed by atoms with Crippen molar-refractivity contribution in [3.05, 3.63) is 30.1 Å². The van der Waals surface area contributed by atoms with Gasteiger partial charge in [0, 0.05) is 18.8 Å². The van der Waals surface area contributed by atoms with E-state index >= 15 is 0 Å². The molecule has 0 amide bonds. The van der Waals surface area contributed by atoms with Gasteiger partial charge in [-0.05, 0) is 18.6 Å². The molecule has 12 heavy (non-hydrogen) atoms. The maximum absolute atomic E-state index is 3.97. The molecule has 0 aliphatic carbocycles. The molecule has 0 aromatic carbocycles. The molecule has 0 aliphatic rings. The lowest BCUT2D eigenvalue weighted by Gasteiger charge is -1.89. The Labute approximate surface area is 74.8 Å². The van der Waals surface area contributed by atoms with E-state index in [0.29, 0.717) is 0 Å². The van der Waals surface area contributed by atoms with Crippen LogP contribution in [-0.2, 0) is 6.42 Å². The summed E-state index contributed by atoms with van der Waals surface area (Å²) in [6.45, 7) is 5.84. The average molecular weight is 161 g/mol. The van der Waals surface area contributed by atoms with Crippen LogP contribution < -0.4 is 0 Å². The Morgan fingerprint density at radius 2 is 2.17 bits per heavy atom. The van der Waals surface area contributed by atoms with Crippen LogP contribution in [0.1, 0.15) is 26.3 Å². The summed E-state index contributed by atoms with van der Waals surface area (Å²) in [6.07, 6.45) is 4.41. The fourth-order valence-corrected chi connectivity index (χ4v) is 0.693. The second kappa shape index (κ2) is 7.81. The molecular formula is C11H15N. The van der Waals surface area contributed by atoms with Gasteiger partial charge in [0.2, 0.25) is 0 Å². The predicted octanol–water partition coefficient (Wildman–Crippen LogP) is 2.67. The quantitative estimate of drug-likeness (QED) is 0.577. The molecule has 0 unspecified atom stereocenters.